The van der Waals surface area contributed by atoms with Crippen LogP contribution in [0.5, 0.6) is 0 Å². The molecule has 22 heavy (non-hydrogen) atoms. The number of carbonyl (C=O) groups excluding carboxylic acids is 2. The van der Waals surface area contributed by atoms with Crippen molar-refractivity contribution in [2.24, 2.45) is 0 Å². The van der Waals surface area contributed by atoms with E-state index in [0.717, 1.165) is 11.0 Å². The van der Waals surface area contributed by atoms with E-state index in [-0.39, 0.29) is 18.4 Å². The molecule has 2 amide bonds. The van der Waals surface area contributed by atoms with Crippen molar-refractivity contribution in [2.75, 3.05) is 26.7 Å². The number of hydrogen-bond donors (Lipinski definition) is 2. The first-order valence-electron chi connectivity index (χ1n) is 7.12. The zero-order chi connectivity index (χ0) is 15.7. The Morgan fingerprint density at radius 2 is 2.27 bits per heavy atom. The first-order valence-corrected chi connectivity index (χ1v) is 7.12. The molecule has 1 aromatic carbocycles. The smallest absolute Gasteiger partial charge is 0.254 e. The van der Waals surface area contributed by atoms with Crippen molar-refractivity contribution in [3.05, 3.63) is 30.1 Å². The molecule has 1 saturated heterocycles. The standard InChI is InChI=1S/C15H18N4O3/c1-15(14(21)16-2)8-19(5-6-22-15)13(20)10-3-4-11-12(7-10)18-9-17-11/h3-4,7,9H,5-6,8H2,1-2H3,(H,16,21)(H,17,18)/t15-/m0/s1. The lowest BCUT2D eigenvalue weighted by molar-refractivity contribution is -0.153. The van der Waals surface area contributed by atoms with Gasteiger partial charge in [0.25, 0.3) is 11.8 Å². The predicted molar refractivity (Wildman–Crippen MR) is 80.4 cm³/mol. The van der Waals surface area contributed by atoms with Gasteiger partial charge in [-0.2, -0.15) is 0 Å². The maximum absolute atomic E-state index is 12.7. The first-order chi connectivity index (χ1) is 10.5. The van der Waals surface area contributed by atoms with E-state index in [1.54, 1.807) is 43.4 Å². The van der Waals surface area contributed by atoms with E-state index in [1.165, 1.54) is 0 Å². The Balaban J connectivity index is 1.83. The van der Waals surface area contributed by atoms with Crippen LogP contribution in [0.3, 0.4) is 0 Å². The number of rotatable bonds is 2. The van der Waals surface area contributed by atoms with Crippen molar-refractivity contribution in [2.45, 2.75) is 12.5 Å². The third-order valence-corrected chi connectivity index (χ3v) is 3.94. The number of carbonyl (C=O) groups is 2. The van der Waals surface area contributed by atoms with Gasteiger partial charge in [0, 0.05) is 19.2 Å². The van der Waals surface area contributed by atoms with Crippen molar-refractivity contribution in [3.8, 4) is 0 Å². The number of aromatic amines is 1. The van der Waals surface area contributed by atoms with Crippen LogP contribution in [0.4, 0.5) is 0 Å². The molecular weight excluding hydrogens is 284 g/mol. The third-order valence-electron chi connectivity index (χ3n) is 3.94. The molecule has 0 spiro atoms. The number of aromatic nitrogens is 2. The largest absolute Gasteiger partial charge is 0.362 e. The fourth-order valence-electron chi connectivity index (χ4n) is 2.70. The van der Waals surface area contributed by atoms with Crippen LogP contribution in [0.1, 0.15) is 17.3 Å². The minimum Gasteiger partial charge on any atom is -0.362 e. The highest BCUT2D eigenvalue weighted by Gasteiger charge is 2.40. The summed E-state index contributed by atoms with van der Waals surface area (Å²) >= 11 is 0. The third kappa shape index (κ3) is 2.43. The number of imidazole rings is 1. The number of H-pyrrole nitrogens is 1. The fraction of sp³-hybridized carbons (Fsp3) is 0.400. The number of amides is 2. The van der Waals surface area contributed by atoms with Gasteiger partial charge in [-0.25, -0.2) is 4.98 Å². The number of likely N-dealkylation sites (N-methyl/N-ethyl adjacent to an activating group) is 1. The van der Waals surface area contributed by atoms with Gasteiger partial charge >= 0.3 is 0 Å². The Morgan fingerprint density at radius 3 is 3.05 bits per heavy atom. The van der Waals surface area contributed by atoms with Gasteiger partial charge in [0.05, 0.1) is 30.5 Å². The number of hydrogen-bond acceptors (Lipinski definition) is 4. The Morgan fingerprint density at radius 1 is 1.45 bits per heavy atom. The highest BCUT2D eigenvalue weighted by molar-refractivity contribution is 5.98. The summed E-state index contributed by atoms with van der Waals surface area (Å²) in [5.74, 6) is -0.344. The fourth-order valence-corrected chi connectivity index (χ4v) is 2.70. The Kier molecular flexibility index (Phi) is 3.58. The van der Waals surface area contributed by atoms with E-state index in [1.807, 2.05) is 0 Å². The highest BCUT2D eigenvalue weighted by atomic mass is 16.5. The van der Waals surface area contributed by atoms with Crippen molar-refractivity contribution < 1.29 is 14.3 Å². The molecule has 2 aromatic rings. The number of nitrogens with one attached hydrogen (secondary N) is 2. The van der Waals surface area contributed by atoms with Crippen molar-refractivity contribution in [1.29, 1.82) is 0 Å². The molecule has 0 saturated carbocycles. The molecule has 1 aliphatic rings. The second kappa shape index (κ2) is 5.42. The topological polar surface area (TPSA) is 87.3 Å². The Hall–Kier alpha value is -2.41. The monoisotopic (exact) mass is 302 g/mol. The van der Waals surface area contributed by atoms with E-state index >= 15 is 0 Å². The lowest BCUT2D eigenvalue weighted by Gasteiger charge is -2.39. The van der Waals surface area contributed by atoms with E-state index in [4.69, 9.17) is 4.74 Å². The maximum Gasteiger partial charge on any atom is 0.254 e. The molecule has 7 nitrogen and oxygen atoms in total. The molecule has 2 heterocycles. The summed E-state index contributed by atoms with van der Waals surface area (Å²) in [6, 6.07) is 5.33. The van der Waals surface area contributed by atoms with Crippen molar-refractivity contribution in [3.63, 3.8) is 0 Å². The van der Waals surface area contributed by atoms with E-state index < -0.39 is 5.60 Å². The average Bonchev–Trinajstić information content (AvgIpc) is 3.00. The van der Waals surface area contributed by atoms with Crippen LogP contribution in [-0.4, -0.2) is 59.0 Å². The second-order valence-corrected chi connectivity index (χ2v) is 5.52. The number of nitrogens with zero attached hydrogens (tertiary/aromatic N) is 2. The molecule has 1 aromatic heterocycles. The van der Waals surface area contributed by atoms with Gasteiger partial charge in [-0.15, -0.1) is 0 Å². The minimum atomic E-state index is -1.01. The van der Waals surface area contributed by atoms with E-state index in [9.17, 15) is 9.59 Å². The summed E-state index contributed by atoms with van der Waals surface area (Å²) in [4.78, 5) is 33.4. The molecule has 0 radical (unpaired) electrons. The highest BCUT2D eigenvalue weighted by Crippen LogP contribution is 2.21. The summed E-state index contributed by atoms with van der Waals surface area (Å²) < 4.78 is 5.57. The van der Waals surface area contributed by atoms with Gasteiger partial charge in [-0.3, -0.25) is 9.59 Å². The Labute approximate surface area is 127 Å². The summed E-state index contributed by atoms with van der Waals surface area (Å²) in [7, 11) is 1.56. The van der Waals surface area contributed by atoms with E-state index in [0.29, 0.717) is 18.7 Å². The van der Waals surface area contributed by atoms with Gasteiger partial charge in [-0.1, -0.05) is 0 Å². The lowest BCUT2D eigenvalue weighted by Crippen LogP contribution is -2.58. The molecular formula is C15H18N4O3. The molecule has 1 atom stereocenters. The summed E-state index contributed by atoms with van der Waals surface area (Å²) in [5, 5.41) is 2.58. The molecule has 0 aliphatic carbocycles. The zero-order valence-electron chi connectivity index (χ0n) is 12.5. The minimum absolute atomic E-state index is 0.116. The normalized spacial score (nSPS) is 21.8. The molecule has 2 N–H and O–H groups in total. The average molecular weight is 302 g/mol. The van der Waals surface area contributed by atoms with Crippen LogP contribution < -0.4 is 5.32 Å². The van der Waals surface area contributed by atoms with Gasteiger partial charge in [-0.05, 0) is 25.1 Å². The number of ether oxygens (including phenoxy) is 1. The van der Waals surface area contributed by atoms with Crippen LogP contribution in [0, 0.1) is 0 Å². The number of benzene rings is 1. The zero-order valence-corrected chi connectivity index (χ0v) is 12.5. The SMILES string of the molecule is CNC(=O)[C@]1(C)CN(C(=O)c2ccc3nc[nH]c3c2)CCO1. The molecule has 1 aliphatic heterocycles. The quantitative estimate of drug-likeness (QED) is 0.847. The molecule has 3 rings (SSSR count). The lowest BCUT2D eigenvalue weighted by atomic mass is 10.0. The van der Waals surface area contributed by atoms with Crippen LogP contribution in [0.15, 0.2) is 24.5 Å². The van der Waals surface area contributed by atoms with Crippen LogP contribution >= 0.6 is 0 Å². The molecule has 0 bridgehead atoms. The number of morpholine rings is 1. The van der Waals surface area contributed by atoms with Gasteiger partial charge in [0.1, 0.15) is 0 Å². The second-order valence-electron chi connectivity index (χ2n) is 5.52. The summed E-state index contributed by atoms with van der Waals surface area (Å²) in [5.41, 5.74) is 1.18. The Bertz CT molecular complexity index is 726. The predicted octanol–water partition coefficient (Wildman–Crippen LogP) is 0.540. The van der Waals surface area contributed by atoms with Crippen LogP contribution in [0.2, 0.25) is 0 Å². The summed E-state index contributed by atoms with van der Waals surface area (Å²) in [6.07, 6.45) is 1.59. The van der Waals surface area contributed by atoms with Crippen molar-refractivity contribution >= 4 is 22.8 Å². The first kappa shape index (κ1) is 14.5. The van der Waals surface area contributed by atoms with Gasteiger partial charge in [0.15, 0.2) is 5.60 Å². The molecule has 7 heteroatoms. The molecule has 1 fully saturated rings. The van der Waals surface area contributed by atoms with E-state index in [2.05, 4.69) is 15.3 Å². The summed E-state index contributed by atoms with van der Waals surface area (Å²) in [6.45, 7) is 2.73. The van der Waals surface area contributed by atoms with Crippen molar-refractivity contribution in [1.82, 2.24) is 20.2 Å². The molecule has 116 valence electrons. The van der Waals surface area contributed by atoms with Gasteiger partial charge in [0.2, 0.25) is 0 Å². The maximum atomic E-state index is 12.7. The van der Waals surface area contributed by atoms with Crippen LogP contribution in [0.25, 0.3) is 11.0 Å². The molecule has 0 unspecified atom stereocenters. The van der Waals surface area contributed by atoms with Crippen LogP contribution in [-0.2, 0) is 9.53 Å². The number of fused-ring (bicyclic) bond motifs is 1. The van der Waals surface area contributed by atoms with Gasteiger partial charge < -0.3 is 19.9 Å².